The Labute approximate surface area is 120 Å². The molecule has 6 heteroatoms. The number of halogens is 1. The van der Waals surface area contributed by atoms with Gasteiger partial charge in [0.25, 0.3) is 0 Å². The van der Waals surface area contributed by atoms with Gasteiger partial charge in [-0.2, -0.15) is 10.4 Å². The van der Waals surface area contributed by atoms with E-state index in [4.69, 9.17) is 22.6 Å². The maximum absolute atomic E-state index is 8.82. The molecule has 1 heterocycles. The SMILES string of the molecule is N#Cc1ccc(Nc2cc3[nH]ncc3cc2N)c(Cl)c1. The van der Waals surface area contributed by atoms with Gasteiger partial charge in [0, 0.05) is 5.39 Å². The molecule has 20 heavy (non-hydrogen) atoms. The first-order valence-electron chi connectivity index (χ1n) is 5.86. The highest BCUT2D eigenvalue weighted by Gasteiger charge is 2.07. The summed E-state index contributed by atoms with van der Waals surface area (Å²) >= 11 is 6.13. The summed E-state index contributed by atoms with van der Waals surface area (Å²) in [6, 6.07) is 10.8. The van der Waals surface area contributed by atoms with Crippen molar-refractivity contribution in [3.63, 3.8) is 0 Å². The predicted molar refractivity (Wildman–Crippen MR) is 80.0 cm³/mol. The zero-order chi connectivity index (χ0) is 14.1. The van der Waals surface area contributed by atoms with Crippen molar-refractivity contribution in [2.45, 2.75) is 0 Å². The summed E-state index contributed by atoms with van der Waals surface area (Å²) in [5.74, 6) is 0. The minimum absolute atomic E-state index is 0.466. The molecule has 0 saturated carbocycles. The number of benzene rings is 2. The van der Waals surface area contributed by atoms with Crippen molar-refractivity contribution in [1.29, 1.82) is 5.26 Å². The van der Waals surface area contributed by atoms with Gasteiger partial charge < -0.3 is 11.1 Å². The van der Waals surface area contributed by atoms with Gasteiger partial charge in [-0.25, -0.2) is 0 Å². The highest BCUT2D eigenvalue weighted by Crippen LogP contribution is 2.31. The Hall–Kier alpha value is -2.71. The van der Waals surface area contributed by atoms with Crippen LogP contribution >= 0.6 is 11.6 Å². The average Bonchev–Trinajstić information content (AvgIpc) is 2.88. The number of anilines is 3. The molecule has 0 bridgehead atoms. The standard InChI is InChI=1S/C14H10ClN5/c15-10-3-8(6-16)1-2-12(10)19-14-5-13-9(4-11(14)17)7-18-20-13/h1-5,7,19H,17H2,(H,18,20). The van der Waals surface area contributed by atoms with E-state index in [-0.39, 0.29) is 0 Å². The Morgan fingerprint density at radius 3 is 2.85 bits per heavy atom. The molecule has 5 nitrogen and oxygen atoms in total. The molecule has 0 aliphatic rings. The number of nitrogens with two attached hydrogens (primary N) is 1. The van der Waals surface area contributed by atoms with Crippen molar-refractivity contribution in [3.8, 4) is 6.07 Å². The molecular formula is C14H10ClN5. The second-order valence-electron chi connectivity index (χ2n) is 4.33. The number of nitrogen functional groups attached to an aromatic ring is 1. The lowest BCUT2D eigenvalue weighted by Gasteiger charge is -2.11. The van der Waals surface area contributed by atoms with E-state index in [2.05, 4.69) is 15.5 Å². The zero-order valence-corrected chi connectivity index (χ0v) is 11.1. The Morgan fingerprint density at radius 2 is 2.10 bits per heavy atom. The second kappa shape index (κ2) is 4.76. The molecule has 0 aliphatic carbocycles. The summed E-state index contributed by atoms with van der Waals surface area (Å²) in [5, 5.41) is 20.2. The molecule has 2 aromatic carbocycles. The van der Waals surface area contributed by atoms with Crippen molar-refractivity contribution in [1.82, 2.24) is 10.2 Å². The fraction of sp³-hybridized carbons (Fsp3) is 0. The summed E-state index contributed by atoms with van der Waals surface area (Å²) in [6.07, 6.45) is 1.71. The molecule has 0 atom stereocenters. The lowest BCUT2D eigenvalue weighted by molar-refractivity contribution is 1.12. The Morgan fingerprint density at radius 1 is 1.25 bits per heavy atom. The highest BCUT2D eigenvalue weighted by atomic mass is 35.5. The number of rotatable bonds is 2. The quantitative estimate of drug-likeness (QED) is 0.629. The number of H-pyrrole nitrogens is 1. The van der Waals surface area contributed by atoms with Crippen LogP contribution in [0.2, 0.25) is 5.02 Å². The van der Waals surface area contributed by atoms with E-state index in [9.17, 15) is 0 Å². The molecule has 1 aromatic heterocycles. The Balaban J connectivity index is 2.00. The number of nitriles is 1. The number of aromatic amines is 1. The van der Waals surface area contributed by atoms with Gasteiger partial charge in [-0.1, -0.05) is 11.6 Å². The topological polar surface area (TPSA) is 90.5 Å². The minimum Gasteiger partial charge on any atom is -0.397 e. The number of hydrogen-bond donors (Lipinski definition) is 3. The summed E-state index contributed by atoms with van der Waals surface area (Å²) < 4.78 is 0. The number of nitrogens with zero attached hydrogens (tertiary/aromatic N) is 2. The first kappa shape index (κ1) is 12.3. The normalized spacial score (nSPS) is 10.4. The molecule has 0 spiro atoms. The van der Waals surface area contributed by atoms with Gasteiger partial charge in [0.1, 0.15) is 0 Å². The van der Waals surface area contributed by atoms with Crippen molar-refractivity contribution >= 4 is 39.6 Å². The van der Waals surface area contributed by atoms with Gasteiger partial charge >= 0.3 is 0 Å². The molecule has 0 radical (unpaired) electrons. The van der Waals surface area contributed by atoms with Crippen LogP contribution in [0, 0.1) is 11.3 Å². The molecule has 0 unspecified atom stereocenters. The van der Waals surface area contributed by atoms with E-state index < -0.39 is 0 Å². The molecule has 0 amide bonds. The summed E-state index contributed by atoms with van der Waals surface area (Å²) in [5.41, 5.74) is 9.41. The molecule has 0 saturated heterocycles. The van der Waals surface area contributed by atoms with Gasteiger partial charge in [0.15, 0.2) is 0 Å². The lowest BCUT2D eigenvalue weighted by Crippen LogP contribution is -1.97. The molecule has 0 fully saturated rings. The van der Waals surface area contributed by atoms with Gasteiger partial charge in [0.2, 0.25) is 0 Å². The van der Waals surface area contributed by atoms with E-state index in [0.717, 1.165) is 16.6 Å². The van der Waals surface area contributed by atoms with Gasteiger partial charge in [-0.15, -0.1) is 0 Å². The van der Waals surface area contributed by atoms with Crippen LogP contribution in [-0.2, 0) is 0 Å². The van der Waals surface area contributed by atoms with Gasteiger partial charge in [-0.05, 0) is 30.3 Å². The highest BCUT2D eigenvalue weighted by molar-refractivity contribution is 6.33. The van der Waals surface area contributed by atoms with E-state index in [1.165, 1.54) is 0 Å². The largest absolute Gasteiger partial charge is 0.397 e. The average molecular weight is 284 g/mol. The maximum atomic E-state index is 8.82. The number of fused-ring (bicyclic) bond motifs is 1. The zero-order valence-electron chi connectivity index (χ0n) is 10.3. The number of hydrogen-bond acceptors (Lipinski definition) is 4. The van der Waals surface area contributed by atoms with E-state index >= 15 is 0 Å². The third-order valence-electron chi connectivity index (χ3n) is 2.98. The van der Waals surface area contributed by atoms with Crippen LogP contribution < -0.4 is 11.1 Å². The van der Waals surface area contributed by atoms with Crippen LogP contribution in [0.4, 0.5) is 17.1 Å². The Bertz CT molecular complexity index is 831. The fourth-order valence-corrected chi connectivity index (χ4v) is 2.18. The first-order chi connectivity index (χ1) is 9.67. The van der Waals surface area contributed by atoms with Crippen LogP contribution in [-0.4, -0.2) is 10.2 Å². The first-order valence-corrected chi connectivity index (χ1v) is 6.24. The molecule has 3 aromatic rings. The molecule has 98 valence electrons. The smallest absolute Gasteiger partial charge is 0.0992 e. The van der Waals surface area contributed by atoms with Crippen LogP contribution in [0.5, 0.6) is 0 Å². The van der Waals surface area contributed by atoms with E-state index in [1.54, 1.807) is 24.4 Å². The minimum atomic E-state index is 0.466. The molecule has 4 N–H and O–H groups in total. The molecule has 3 rings (SSSR count). The van der Waals surface area contributed by atoms with Crippen LogP contribution in [0.25, 0.3) is 10.9 Å². The molecule has 0 aliphatic heterocycles. The van der Waals surface area contributed by atoms with Crippen LogP contribution in [0.15, 0.2) is 36.5 Å². The summed E-state index contributed by atoms with van der Waals surface area (Å²) in [6.45, 7) is 0. The maximum Gasteiger partial charge on any atom is 0.0992 e. The van der Waals surface area contributed by atoms with Crippen molar-refractivity contribution in [2.24, 2.45) is 0 Å². The third-order valence-corrected chi connectivity index (χ3v) is 3.29. The third kappa shape index (κ3) is 2.13. The van der Waals surface area contributed by atoms with Gasteiger partial charge in [0.05, 0.1) is 45.4 Å². The van der Waals surface area contributed by atoms with Crippen molar-refractivity contribution in [3.05, 3.63) is 47.1 Å². The van der Waals surface area contributed by atoms with E-state index in [1.807, 2.05) is 18.2 Å². The fourth-order valence-electron chi connectivity index (χ4n) is 1.95. The van der Waals surface area contributed by atoms with Gasteiger partial charge in [-0.3, -0.25) is 5.10 Å². The number of nitrogens with one attached hydrogen (secondary N) is 2. The van der Waals surface area contributed by atoms with E-state index in [0.29, 0.717) is 22.0 Å². The van der Waals surface area contributed by atoms with Crippen LogP contribution in [0.1, 0.15) is 5.56 Å². The van der Waals surface area contributed by atoms with Crippen molar-refractivity contribution in [2.75, 3.05) is 11.1 Å². The predicted octanol–water partition coefficient (Wildman–Crippen LogP) is 3.41. The second-order valence-corrected chi connectivity index (χ2v) is 4.74. The number of aromatic nitrogens is 2. The lowest BCUT2D eigenvalue weighted by atomic mass is 10.2. The van der Waals surface area contributed by atoms with Crippen molar-refractivity contribution < 1.29 is 0 Å². The summed E-state index contributed by atoms with van der Waals surface area (Å²) in [4.78, 5) is 0. The molecular weight excluding hydrogens is 274 g/mol. The summed E-state index contributed by atoms with van der Waals surface area (Å²) in [7, 11) is 0. The van der Waals surface area contributed by atoms with Crippen LogP contribution in [0.3, 0.4) is 0 Å². The Kier molecular flexibility index (Phi) is 2.93. The monoisotopic (exact) mass is 283 g/mol.